The fourth-order valence-electron chi connectivity index (χ4n) is 3.76. The summed E-state index contributed by atoms with van der Waals surface area (Å²) in [6, 6.07) is 10.6. The second kappa shape index (κ2) is 11.0. The van der Waals surface area contributed by atoms with Crippen LogP contribution >= 0.6 is 0 Å². The van der Waals surface area contributed by atoms with Gasteiger partial charge in [0.2, 0.25) is 10.0 Å². The van der Waals surface area contributed by atoms with Gasteiger partial charge in [-0.25, -0.2) is 13.2 Å². The van der Waals surface area contributed by atoms with E-state index < -0.39 is 34.3 Å². The second-order valence-electron chi connectivity index (χ2n) is 7.97. The molecule has 2 saturated heterocycles. The number of carbonyl (C=O) groups is 2. The van der Waals surface area contributed by atoms with E-state index in [-0.39, 0.29) is 36.8 Å². The van der Waals surface area contributed by atoms with Gasteiger partial charge < -0.3 is 29.5 Å². The molecule has 35 heavy (non-hydrogen) atoms. The number of morpholine rings is 2. The molecule has 0 atom stereocenters. The summed E-state index contributed by atoms with van der Waals surface area (Å²) in [6.45, 7) is 3.25. The first-order valence-electron chi connectivity index (χ1n) is 11.2. The molecule has 2 fully saturated rings. The Bertz CT molecular complexity index is 1160. The number of sulfonamides is 1. The summed E-state index contributed by atoms with van der Waals surface area (Å²) in [7, 11) is -3.87. The Balaban J connectivity index is 1.34. The highest BCUT2D eigenvalue weighted by Gasteiger charge is 2.28. The molecule has 188 valence electrons. The monoisotopic (exact) mass is 505 g/mol. The van der Waals surface area contributed by atoms with Crippen LogP contribution in [0.5, 0.6) is 5.75 Å². The summed E-state index contributed by atoms with van der Waals surface area (Å²) in [5.74, 6) is -2.04. The van der Waals surface area contributed by atoms with Crippen LogP contribution in [0.2, 0.25) is 0 Å². The molecular weight excluding hydrogens is 478 g/mol. The average molecular weight is 506 g/mol. The van der Waals surface area contributed by atoms with E-state index >= 15 is 0 Å². The van der Waals surface area contributed by atoms with Crippen molar-refractivity contribution in [2.45, 2.75) is 4.90 Å². The molecule has 0 saturated carbocycles. The molecule has 4 rings (SSSR count). The minimum Gasteiger partial charge on any atom is -0.507 e. The van der Waals surface area contributed by atoms with Crippen LogP contribution in [0.1, 0.15) is 10.4 Å². The Morgan fingerprint density at radius 2 is 1.57 bits per heavy atom. The minimum absolute atomic E-state index is 0.158. The van der Waals surface area contributed by atoms with Crippen LogP contribution in [0.3, 0.4) is 0 Å². The Morgan fingerprint density at radius 3 is 2.23 bits per heavy atom. The third kappa shape index (κ3) is 6.09. The summed E-state index contributed by atoms with van der Waals surface area (Å²) in [5.41, 5.74) is 1.20. The van der Waals surface area contributed by atoms with E-state index in [1.807, 2.05) is 12.1 Å². The lowest BCUT2D eigenvalue weighted by Crippen LogP contribution is -2.40. The number of aromatic hydroxyl groups is 1. The number of benzene rings is 2. The molecule has 0 bridgehead atoms. The normalized spacial score (nSPS) is 17.1. The number of hydrogen-bond acceptors (Lipinski definition) is 9. The number of amides is 1. The van der Waals surface area contributed by atoms with Gasteiger partial charge in [-0.15, -0.1) is 0 Å². The summed E-state index contributed by atoms with van der Waals surface area (Å²) in [6.07, 6.45) is 0. The van der Waals surface area contributed by atoms with Gasteiger partial charge in [-0.1, -0.05) is 0 Å². The smallest absolute Gasteiger partial charge is 0.342 e. The fraction of sp³-hybridized carbons (Fsp3) is 0.391. The van der Waals surface area contributed by atoms with Gasteiger partial charge in [0.25, 0.3) is 5.91 Å². The first-order chi connectivity index (χ1) is 16.8. The molecule has 0 spiro atoms. The number of rotatable bonds is 7. The van der Waals surface area contributed by atoms with Gasteiger partial charge in [-0.2, -0.15) is 4.31 Å². The number of phenols is 1. The number of ether oxygens (including phenoxy) is 3. The molecule has 12 heteroatoms. The zero-order valence-electron chi connectivity index (χ0n) is 19.0. The zero-order chi connectivity index (χ0) is 24.8. The largest absolute Gasteiger partial charge is 0.507 e. The quantitative estimate of drug-likeness (QED) is 0.529. The number of esters is 1. The molecule has 2 N–H and O–H groups in total. The van der Waals surface area contributed by atoms with Gasteiger partial charge in [0, 0.05) is 37.6 Å². The van der Waals surface area contributed by atoms with Crippen molar-refractivity contribution in [3.63, 3.8) is 0 Å². The Hall–Kier alpha value is -3.19. The fourth-order valence-corrected chi connectivity index (χ4v) is 5.19. The standard InChI is InChI=1S/C23H27N3O8S/c27-21-6-5-19(35(30,31)26-9-13-33-14-10-26)15-20(21)23(29)34-16-22(28)24-17-1-3-18(4-2-17)25-7-11-32-12-8-25/h1-6,15,27H,7-14,16H2,(H,24,28). The SMILES string of the molecule is O=C(COC(=O)c1cc(S(=O)(=O)N2CCOCC2)ccc1O)Nc1ccc(N2CCOCC2)cc1. The lowest BCUT2D eigenvalue weighted by atomic mass is 10.2. The van der Waals surface area contributed by atoms with E-state index in [2.05, 4.69) is 10.2 Å². The maximum atomic E-state index is 12.8. The van der Waals surface area contributed by atoms with Gasteiger partial charge in [0.05, 0.1) is 31.3 Å². The van der Waals surface area contributed by atoms with Crippen molar-refractivity contribution < 1.29 is 37.3 Å². The number of nitrogens with zero attached hydrogens (tertiary/aromatic N) is 2. The molecule has 2 aliphatic rings. The van der Waals surface area contributed by atoms with Crippen molar-refractivity contribution in [3.8, 4) is 5.75 Å². The minimum atomic E-state index is -3.87. The van der Waals surface area contributed by atoms with Gasteiger partial charge >= 0.3 is 5.97 Å². The van der Waals surface area contributed by atoms with E-state index in [9.17, 15) is 23.1 Å². The molecule has 2 aromatic carbocycles. The van der Waals surface area contributed by atoms with Crippen molar-refractivity contribution in [1.29, 1.82) is 0 Å². The van der Waals surface area contributed by atoms with Gasteiger partial charge in [-0.05, 0) is 42.5 Å². The summed E-state index contributed by atoms with van der Waals surface area (Å²) < 4.78 is 42.4. The second-order valence-corrected chi connectivity index (χ2v) is 9.90. The molecule has 11 nitrogen and oxygen atoms in total. The van der Waals surface area contributed by atoms with Crippen LogP contribution in [0, 0.1) is 0 Å². The first-order valence-corrected chi connectivity index (χ1v) is 12.6. The third-order valence-electron chi connectivity index (χ3n) is 5.66. The van der Waals surface area contributed by atoms with Crippen LogP contribution in [0.15, 0.2) is 47.4 Å². The Morgan fingerprint density at radius 1 is 0.943 bits per heavy atom. The molecular formula is C23H27N3O8S. The van der Waals surface area contributed by atoms with Crippen molar-refractivity contribution >= 4 is 33.3 Å². The number of hydrogen-bond donors (Lipinski definition) is 2. The number of phenolic OH excluding ortho intramolecular Hbond substituents is 1. The molecule has 2 aliphatic heterocycles. The molecule has 2 heterocycles. The number of carbonyl (C=O) groups excluding carboxylic acids is 2. The first kappa shape index (κ1) is 24.9. The van der Waals surface area contributed by atoms with Crippen LogP contribution < -0.4 is 10.2 Å². The molecule has 1 amide bonds. The Labute approximate surface area is 203 Å². The lowest BCUT2D eigenvalue weighted by molar-refractivity contribution is -0.119. The number of nitrogens with one attached hydrogen (secondary N) is 1. The predicted molar refractivity (Wildman–Crippen MR) is 126 cm³/mol. The van der Waals surface area contributed by atoms with E-state index in [1.54, 1.807) is 12.1 Å². The molecule has 0 unspecified atom stereocenters. The van der Waals surface area contributed by atoms with E-state index in [4.69, 9.17) is 14.2 Å². The van der Waals surface area contributed by atoms with Crippen LogP contribution in [0.4, 0.5) is 11.4 Å². The maximum absolute atomic E-state index is 12.8. The Kier molecular flexibility index (Phi) is 7.86. The van der Waals surface area contributed by atoms with Gasteiger partial charge in [0.1, 0.15) is 11.3 Å². The van der Waals surface area contributed by atoms with E-state index in [0.29, 0.717) is 18.9 Å². The highest BCUT2D eigenvalue weighted by molar-refractivity contribution is 7.89. The summed E-state index contributed by atoms with van der Waals surface area (Å²) >= 11 is 0. The van der Waals surface area contributed by atoms with Crippen molar-refractivity contribution in [1.82, 2.24) is 4.31 Å². The molecule has 2 aromatic rings. The van der Waals surface area contributed by atoms with Crippen LogP contribution in [-0.4, -0.2) is 88.9 Å². The van der Waals surface area contributed by atoms with Crippen molar-refractivity contribution in [3.05, 3.63) is 48.0 Å². The van der Waals surface area contributed by atoms with Crippen LogP contribution in [-0.2, 0) is 29.0 Å². The van der Waals surface area contributed by atoms with Gasteiger partial charge in [-0.3, -0.25) is 4.79 Å². The highest BCUT2D eigenvalue weighted by Crippen LogP contribution is 2.25. The maximum Gasteiger partial charge on any atom is 0.342 e. The highest BCUT2D eigenvalue weighted by atomic mass is 32.2. The van der Waals surface area contributed by atoms with E-state index in [0.717, 1.165) is 30.9 Å². The zero-order valence-corrected chi connectivity index (χ0v) is 19.8. The van der Waals surface area contributed by atoms with Crippen LogP contribution in [0.25, 0.3) is 0 Å². The summed E-state index contributed by atoms with van der Waals surface area (Å²) in [4.78, 5) is 26.8. The molecule has 0 radical (unpaired) electrons. The molecule has 0 aromatic heterocycles. The van der Waals surface area contributed by atoms with Crippen molar-refractivity contribution in [2.24, 2.45) is 0 Å². The predicted octanol–water partition coefficient (Wildman–Crippen LogP) is 1.05. The summed E-state index contributed by atoms with van der Waals surface area (Å²) in [5, 5.41) is 12.7. The number of anilines is 2. The topological polar surface area (TPSA) is 135 Å². The van der Waals surface area contributed by atoms with Gasteiger partial charge in [0.15, 0.2) is 6.61 Å². The van der Waals surface area contributed by atoms with Crippen molar-refractivity contribution in [2.75, 3.05) is 69.4 Å². The average Bonchev–Trinajstić information content (AvgIpc) is 2.89. The third-order valence-corrected chi connectivity index (χ3v) is 7.55. The van der Waals surface area contributed by atoms with E-state index in [1.165, 1.54) is 10.4 Å². The lowest BCUT2D eigenvalue weighted by Gasteiger charge is -2.28. The molecule has 0 aliphatic carbocycles.